The van der Waals surface area contributed by atoms with Gasteiger partial charge in [0.05, 0.1) is 30.3 Å². The number of aromatic nitrogens is 2. The average molecular weight is 420 g/mol. The van der Waals surface area contributed by atoms with Gasteiger partial charge in [-0.1, -0.05) is 23.7 Å². The number of hydrogen-bond acceptors (Lipinski definition) is 5. The SMILES string of the molecule is O=C(Nc1ccn(C2CCN(CCO)CC2)n1)N[C@H]1CCOc2c(Cl)cccc21. The lowest BCUT2D eigenvalue weighted by atomic mass is 10.0. The zero-order valence-corrected chi connectivity index (χ0v) is 16.9. The van der Waals surface area contributed by atoms with Crippen LogP contribution in [0.3, 0.4) is 0 Å². The second kappa shape index (κ2) is 9.02. The van der Waals surface area contributed by atoms with Crippen LogP contribution in [0.5, 0.6) is 5.75 Å². The number of urea groups is 1. The monoisotopic (exact) mass is 419 g/mol. The molecule has 0 aliphatic carbocycles. The summed E-state index contributed by atoms with van der Waals surface area (Å²) < 4.78 is 7.57. The third kappa shape index (κ3) is 4.66. The minimum absolute atomic E-state index is 0.157. The van der Waals surface area contributed by atoms with Gasteiger partial charge in [-0.2, -0.15) is 5.10 Å². The highest BCUT2D eigenvalue weighted by Crippen LogP contribution is 2.37. The van der Waals surface area contributed by atoms with Crippen LogP contribution in [0, 0.1) is 0 Å². The molecule has 1 atom stereocenters. The zero-order chi connectivity index (χ0) is 20.2. The van der Waals surface area contributed by atoms with Crippen LogP contribution in [0.2, 0.25) is 5.02 Å². The summed E-state index contributed by atoms with van der Waals surface area (Å²) in [6.45, 7) is 3.31. The minimum atomic E-state index is -0.300. The first-order valence-electron chi connectivity index (χ1n) is 10.0. The number of aliphatic hydroxyl groups excluding tert-OH is 1. The minimum Gasteiger partial charge on any atom is -0.492 e. The smallest absolute Gasteiger partial charge is 0.320 e. The van der Waals surface area contributed by atoms with E-state index in [-0.39, 0.29) is 18.7 Å². The van der Waals surface area contributed by atoms with Gasteiger partial charge < -0.3 is 20.1 Å². The number of fused-ring (bicyclic) bond motifs is 1. The molecule has 8 nitrogen and oxygen atoms in total. The van der Waals surface area contributed by atoms with Gasteiger partial charge in [0.15, 0.2) is 5.82 Å². The van der Waals surface area contributed by atoms with Crippen molar-refractivity contribution in [2.24, 2.45) is 0 Å². The third-order valence-corrected chi connectivity index (χ3v) is 5.83. The summed E-state index contributed by atoms with van der Waals surface area (Å²) >= 11 is 6.20. The second-order valence-electron chi connectivity index (χ2n) is 7.42. The van der Waals surface area contributed by atoms with Crippen LogP contribution >= 0.6 is 11.6 Å². The highest BCUT2D eigenvalue weighted by molar-refractivity contribution is 6.32. The number of carbonyl (C=O) groups is 1. The predicted molar refractivity (Wildman–Crippen MR) is 110 cm³/mol. The summed E-state index contributed by atoms with van der Waals surface area (Å²) in [6, 6.07) is 7.23. The van der Waals surface area contributed by atoms with E-state index < -0.39 is 0 Å². The van der Waals surface area contributed by atoms with Crippen LogP contribution in [0.4, 0.5) is 10.6 Å². The summed E-state index contributed by atoms with van der Waals surface area (Å²) in [7, 11) is 0. The molecule has 4 rings (SSSR count). The van der Waals surface area contributed by atoms with Crippen molar-refractivity contribution in [3.8, 4) is 5.75 Å². The van der Waals surface area contributed by atoms with Crippen LogP contribution in [0.15, 0.2) is 30.5 Å². The zero-order valence-electron chi connectivity index (χ0n) is 16.2. The van der Waals surface area contributed by atoms with Crippen molar-refractivity contribution >= 4 is 23.4 Å². The molecule has 2 aliphatic rings. The van der Waals surface area contributed by atoms with Crippen molar-refractivity contribution in [2.75, 3.05) is 38.2 Å². The molecule has 0 radical (unpaired) electrons. The van der Waals surface area contributed by atoms with Crippen molar-refractivity contribution in [3.05, 3.63) is 41.0 Å². The number of nitrogens with one attached hydrogen (secondary N) is 2. The van der Waals surface area contributed by atoms with Crippen LogP contribution in [0.25, 0.3) is 0 Å². The van der Waals surface area contributed by atoms with Gasteiger partial charge in [-0.25, -0.2) is 4.79 Å². The molecule has 1 aromatic heterocycles. The van der Waals surface area contributed by atoms with E-state index in [4.69, 9.17) is 21.4 Å². The number of likely N-dealkylation sites (tertiary alicyclic amines) is 1. The maximum Gasteiger partial charge on any atom is 0.320 e. The number of hydrogen-bond donors (Lipinski definition) is 3. The molecule has 156 valence electrons. The summed E-state index contributed by atoms with van der Waals surface area (Å²) in [5.74, 6) is 1.17. The summed E-state index contributed by atoms with van der Waals surface area (Å²) in [4.78, 5) is 14.8. The van der Waals surface area contributed by atoms with Gasteiger partial charge >= 0.3 is 6.03 Å². The molecule has 29 heavy (non-hydrogen) atoms. The molecule has 0 saturated carbocycles. The molecular weight excluding hydrogens is 394 g/mol. The van der Waals surface area contributed by atoms with Crippen molar-refractivity contribution in [1.82, 2.24) is 20.0 Å². The van der Waals surface area contributed by atoms with E-state index in [2.05, 4.69) is 20.6 Å². The Hall–Kier alpha value is -2.29. The Morgan fingerprint density at radius 2 is 2.10 bits per heavy atom. The van der Waals surface area contributed by atoms with E-state index in [1.807, 2.05) is 29.1 Å². The maximum atomic E-state index is 12.5. The Morgan fingerprint density at radius 3 is 2.90 bits per heavy atom. The van der Waals surface area contributed by atoms with E-state index in [1.165, 1.54) is 0 Å². The third-order valence-electron chi connectivity index (χ3n) is 5.53. The van der Waals surface area contributed by atoms with Gasteiger partial charge in [0.2, 0.25) is 0 Å². The molecule has 1 fully saturated rings. The normalized spacial score (nSPS) is 20.0. The van der Waals surface area contributed by atoms with E-state index >= 15 is 0 Å². The molecular formula is C20H26ClN5O3. The fourth-order valence-corrected chi connectivity index (χ4v) is 4.24. The largest absolute Gasteiger partial charge is 0.492 e. The van der Waals surface area contributed by atoms with E-state index in [9.17, 15) is 4.79 Å². The fraction of sp³-hybridized carbons (Fsp3) is 0.500. The van der Waals surface area contributed by atoms with Crippen molar-refractivity contribution in [1.29, 1.82) is 0 Å². The highest BCUT2D eigenvalue weighted by Gasteiger charge is 2.25. The number of ether oxygens (including phenoxy) is 1. The van der Waals surface area contributed by atoms with Gasteiger partial charge in [0.1, 0.15) is 5.75 Å². The van der Waals surface area contributed by atoms with E-state index in [0.717, 1.165) is 38.0 Å². The fourth-order valence-electron chi connectivity index (χ4n) is 4.00. The van der Waals surface area contributed by atoms with Gasteiger partial charge in [-0.15, -0.1) is 0 Å². The number of aliphatic hydroxyl groups is 1. The Kier molecular flexibility index (Phi) is 6.22. The maximum absolute atomic E-state index is 12.5. The standard InChI is InChI=1S/C20H26ClN5O3/c21-16-3-1-2-15-17(7-13-29-19(15)16)22-20(28)23-18-6-10-26(24-18)14-4-8-25(9-5-14)11-12-27/h1-3,6,10,14,17,27H,4-5,7-9,11-13H2,(H2,22,23,24,28)/t17-/m0/s1. The molecule has 3 N–H and O–H groups in total. The Morgan fingerprint density at radius 1 is 1.28 bits per heavy atom. The molecule has 0 unspecified atom stereocenters. The molecule has 1 aromatic carbocycles. The number of carbonyl (C=O) groups excluding carboxylic acids is 1. The molecule has 2 aromatic rings. The van der Waals surface area contributed by atoms with Crippen LogP contribution < -0.4 is 15.4 Å². The predicted octanol–water partition coefficient (Wildman–Crippen LogP) is 2.81. The Bertz CT molecular complexity index is 850. The molecule has 9 heteroatoms. The Labute approximate surface area is 174 Å². The first kappa shape index (κ1) is 20.0. The van der Waals surface area contributed by atoms with Crippen LogP contribution in [-0.4, -0.2) is 58.7 Å². The molecule has 0 spiro atoms. The lowest BCUT2D eigenvalue weighted by Gasteiger charge is -2.31. The van der Waals surface area contributed by atoms with E-state index in [1.54, 1.807) is 6.07 Å². The van der Waals surface area contributed by atoms with Gasteiger partial charge in [-0.05, 0) is 18.9 Å². The average Bonchev–Trinajstić information content (AvgIpc) is 3.18. The van der Waals surface area contributed by atoms with Gasteiger partial charge in [0.25, 0.3) is 0 Å². The topological polar surface area (TPSA) is 91.7 Å². The lowest BCUT2D eigenvalue weighted by molar-refractivity contribution is 0.146. The number of benzene rings is 1. The summed E-state index contributed by atoms with van der Waals surface area (Å²) in [6.07, 6.45) is 4.55. The number of piperidine rings is 1. The van der Waals surface area contributed by atoms with Crippen LogP contribution in [-0.2, 0) is 0 Å². The number of nitrogens with zero attached hydrogens (tertiary/aromatic N) is 3. The molecule has 1 saturated heterocycles. The molecule has 2 aliphatic heterocycles. The molecule has 2 amide bonds. The first-order valence-corrected chi connectivity index (χ1v) is 10.4. The van der Waals surface area contributed by atoms with Gasteiger partial charge in [-0.3, -0.25) is 10.00 Å². The Balaban J connectivity index is 1.33. The van der Waals surface area contributed by atoms with Crippen molar-refractivity contribution < 1.29 is 14.6 Å². The lowest BCUT2D eigenvalue weighted by Crippen LogP contribution is -2.36. The first-order chi connectivity index (χ1) is 14.1. The van der Waals surface area contributed by atoms with Crippen molar-refractivity contribution in [3.63, 3.8) is 0 Å². The van der Waals surface area contributed by atoms with E-state index in [0.29, 0.717) is 35.7 Å². The number of amides is 2. The summed E-state index contributed by atoms with van der Waals surface area (Å²) in [5, 5.41) is 20.0. The molecule has 0 bridgehead atoms. The summed E-state index contributed by atoms with van der Waals surface area (Å²) in [5.41, 5.74) is 0.888. The second-order valence-corrected chi connectivity index (χ2v) is 7.83. The number of halogens is 1. The quantitative estimate of drug-likeness (QED) is 0.693. The van der Waals surface area contributed by atoms with Gasteiger partial charge in [0, 0.05) is 43.9 Å². The van der Waals surface area contributed by atoms with Crippen LogP contribution in [0.1, 0.15) is 36.9 Å². The number of anilines is 1. The molecule has 3 heterocycles. The number of β-amino-alcohol motifs (C(OH)–C–C–N with tert-alkyl or cyclic N) is 1. The number of rotatable bonds is 5. The van der Waals surface area contributed by atoms with Crippen molar-refractivity contribution in [2.45, 2.75) is 31.3 Å². The highest BCUT2D eigenvalue weighted by atomic mass is 35.5. The number of para-hydroxylation sites is 1.